The minimum absolute atomic E-state index is 0.202. The molecule has 23 heavy (non-hydrogen) atoms. The second-order valence-electron chi connectivity index (χ2n) is 5.79. The van der Waals surface area contributed by atoms with Crippen LogP contribution in [-0.4, -0.2) is 56.2 Å². The molecule has 0 saturated carbocycles. The van der Waals surface area contributed by atoms with Crippen LogP contribution in [-0.2, 0) is 0 Å². The summed E-state index contributed by atoms with van der Waals surface area (Å²) < 4.78 is 0. The van der Waals surface area contributed by atoms with Crippen LogP contribution >= 0.6 is 0 Å². The van der Waals surface area contributed by atoms with Crippen molar-refractivity contribution in [2.45, 2.75) is 25.7 Å². The molecule has 2 aromatic heterocycles. The Kier molecular flexibility index (Phi) is 5.09. The molecule has 7 heteroatoms. The Morgan fingerprint density at radius 2 is 2.13 bits per heavy atom. The van der Waals surface area contributed by atoms with E-state index in [1.165, 1.54) is 0 Å². The molecule has 0 aliphatic carbocycles. The molecule has 7 nitrogen and oxygen atoms in total. The predicted octanol–water partition coefficient (Wildman–Crippen LogP) is 1.49. The van der Waals surface area contributed by atoms with E-state index >= 15 is 0 Å². The van der Waals surface area contributed by atoms with Crippen LogP contribution < -0.4 is 5.32 Å². The first-order valence-electron chi connectivity index (χ1n) is 7.97. The second-order valence-corrected chi connectivity index (χ2v) is 5.79. The van der Waals surface area contributed by atoms with Crippen LogP contribution in [0.2, 0.25) is 0 Å². The zero-order valence-corrected chi connectivity index (χ0v) is 13.3. The van der Waals surface area contributed by atoms with Gasteiger partial charge in [0, 0.05) is 37.5 Å². The zero-order chi connectivity index (χ0) is 16.1. The van der Waals surface area contributed by atoms with E-state index in [4.69, 9.17) is 5.11 Å². The maximum atomic E-state index is 9.14. The number of aryl methyl sites for hydroxylation is 1. The lowest BCUT2D eigenvalue weighted by Crippen LogP contribution is -2.36. The number of aromatic nitrogens is 4. The SMILES string of the molecule is Cc1nc(Nc2ncccn2)cc(C2CCCN(CCO)C2)n1. The number of hydrogen-bond acceptors (Lipinski definition) is 7. The van der Waals surface area contributed by atoms with Gasteiger partial charge in [-0.3, -0.25) is 0 Å². The van der Waals surface area contributed by atoms with Crippen molar-refractivity contribution in [1.29, 1.82) is 0 Å². The van der Waals surface area contributed by atoms with Crippen LogP contribution in [0.4, 0.5) is 11.8 Å². The summed E-state index contributed by atoms with van der Waals surface area (Å²) in [6, 6.07) is 3.76. The second kappa shape index (κ2) is 7.43. The maximum Gasteiger partial charge on any atom is 0.228 e. The molecule has 1 saturated heterocycles. The molecule has 1 aliphatic rings. The summed E-state index contributed by atoms with van der Waals surface area (Å²) in [5.74, 6) is 2.36. The third kappa shape index (κ3) is 4.20. The van der Waals surface area contributed by atoms with Crippen LogP contribution in [0.3, 0.4) is 0 Å². The Labute approximate surface area is 135 Å². The molecule has 2 aromatic rings. The number of aliphatic hydroxyl groups is 1. The fraction of sp³-hybridized carbons (Fsp3) is 0.500. The van der Waals surface area contributed by atoms with Crippen molar-refractivity contribution in [1.82, 2.24) is 24.8 Å². The number of aliphatic hydroxyl groups excluding tert-OH is 1. The summed E-state index contributed by atoms with van der Waals surface area (Å²) in [4.78, 5) is 19.7. The molecule has 3 rings (SSSR count). The van der Waals surface area contributed by atoms with E-state index in [0.29, 0.717) is 11.9 Å². The van der Waals surface area contributed by atoms with Gasteiger partial charge in [-0.05, 0) is 32.4 Å². The van der Waals surface area contributed by atoms with Gasteiger partial charge < -0.3 is 15.3 Å². The van der Waals surface area contributed by atoms with Crippen LogP contribution in [0, 0.1) is 6.92 Å². The third-order valence-electron chi connectivity index (χ3n) is 4.00. The fourth-order valence-corrected chi connectivity index (χ4v) is 2.98. The van der Waals surface area contributed by atoms with Crippen molar-refractivity contribution in [3.05, 3.63) is 36.0 Å². The average Bonchev–Trinajstić information content (AvgIpc) is 2.56. The lowest BCUT2D eigenvalue weighted by molar-refractivity contribution is 0.160. The van der Waals surface area contributed by atoms with Gasteiger partial charge in [0.2, 0.25) is 5.95 Å². The van der Waals surface area contributed by atoms with E-state index in [1.807, 2.05) is 13.0 Å². The Bertz CT molecular complexity index is 634. The molecule has 0 amide bonds. The topological polar surface area (TPSA) is 87.1 Å². The maximum absolute atomic E-state index is 9.14. The first-order chi connectivity index (χ1) is 11.2. The minimum atomic E-state index is 0.202. The molecule has 0 radical (unpaired) electrons. The number of rotatable bonds is 5. The highest BCUT2D eigenvalue weighted by Gasteiger charge is 2.22. The summed E-state index contributed by atoms with van der Waals surface area (Å²) >= 11 is 0. The van der Waals surface area contributed by atoms with Gasteiger partial charge in [-0.2, -0.15) is 0 Å². The van der Waals surface area contributed by atoms with E-state index in [-0.39, 0.29) is 6.61 Å². The molecule has 0 aromatic carbocycles. The third-order valence-corrected chi connectivity index (χ3v) is 4.00. The lowest BCUT2D eigenvalue weighted by atomic mass is 9.94. The first kappa shape index (κ1) is 15.8. The quantitative estimate of drug-likeness (QED) is 0.864. The van der Waals surface area contributed by atoms with Crippen molar-refractivity contribution in [2.24, 2.45) is 0 Å². The predicted molar refractivity (Wildman–Crippen MR) is 87.6 cm³/mol. The Balaban J connectivity index is 1.77. The lowest BCUT2D eigenvalue weighted by Gasteiger charge is -2.32. The number of nitrogens with one attached hydrogen (secondary N) is 1. The van der Waals surface area contributed by atoms with Crippen molar-refractivity contribution >= 4 is 11.8 Å². The van der Waals surface area contributed by atoms with E-state index in [1.54, 1.807) is 18.5 Å². The van der Waals surface area contributed by atoms with Crippen LogP contribution in [0.5, 0.6) is 0 Å². The first-order valence-corrected chi connectivity index (χ1v) is 7.97. The highest BCUT2D eigenvalue weighted by Crippen LogP contribution is 2.27. The van der Waals surface area contributed by atoms with Gasteiger partial charge in [0.05, 0.1) is 12.3 Å². The van der Waals surface area contributed by atoms with E-state index in [0.717, 1.165) is 49.8 Å². The number of piperidine rings is 1. The standard InChI is InChI=1S/C16H22N6O/c1-12-19-14(13-4-2-7-22(11-13)8-9-23)10-15(20-12)21-16-17-5-3-6-18-16/h3,5-6,10,13,23H,2,4,7-9,11H2,1H3,(H,17,18,19,20,21). The summed E-state index contributed by atoms with van der Waals surface area (Å²) in [5, 5.41) is 12.3. The molecular weight excluding hydrogens is 292 g/mol. The van der Waals surface area contributed by atoms with Crippen LogP contribution in [0.1, 0.15) is 30.3 Å². The molecule has 0 spiro atoms. The van der Waals surface area contributed by atoms with Gasteiger partial charge in [0.15, 0.2) is 0 Å². The number of anilines is 2. The molecule has 1 fully saturated rings. The van der Waals surface area contributed by atoms with Gasteiger partial charge in [0.1, 0.15) is 11.6 Å². The van der Waals surface area contributed by atoms with Crippen molar-refractivity contribution in [2.75, 3.05) is 31.6 Å². The molecule has 0 bridgehead atoms. The largest absolute Gasteiger partial charge is 0.395 e. The highest BCUT2D eigenvalue weighted by atomic mass is 16.3. The molecule has 1 aliphatic heterocycles. The number of likely N-dealkylation sites (tertiary alicyclic amines) is 1. The van der Waals surface area contributed by atoms with Gasteiger partial charge in [-0.15, -0.1) is 0 Å². The van der Waals surface area contributed by atoms with Crippen LogP contribution in [0.25, 0.3) is 0 Å². The number of β-amino-alcohol motifs (C(OH)–C–C–N with tert-alkyl or cyclic N) is 1. The molecular formula is C16H22N6O. The highest BCUT2D eigenvalue weighted by molar-refractivity contribution is 5.48. The minimum Gasteiger partial charge on any atom is -0.395 e. The van der Waals surface area contributed by atoms with Gasteiger partial charge in [-0.25, -0.2) is 19.9 Å². The van der Waals surface area contributed by atoms with E-state index in [9.17, 15) is 0 Å². The average molecular weight is 314 g/mol. The number of nitrogens with zero attached hydrogens (tertiary/aromatic N) is 5. The zero-order valence-electron chi connectivity index (χ0n) is 13.3. The summed E-state index contributed by atoms with van der Waals surface area (Å²) in [7, 11) is 0. The fourth-order valence-electron chi connectivity index (χ4n) is 2.98. The van der Waals surface area contributed by atoms with Gasteiger partial charge >= 0.3 is 0 Å². The monoisotopic (exact) mass is 314 g/mol. The Morgan fingerprint density at radius 1 is 1.30 bits per heavy atom. The van der Waals surface area contributed by atoms with Gasteiger partial charge in [-0.1, -0.05) is 0 Å². The molecule has 2 N–H and O–H groups in total. The molecule has 1 unspecified atom stereocenters. The Morgan fingerprint density at radius 3 is 2.91 bits per heavy atom. The van der Waals surface area contributed by atoms with E-state index in [2.05, 4.69) is 30.2 Å². The number of hydrogen-bond donors (Lipinski definition) is 2. The summed E-state index contributed by atoms with van der Waals surface area (Å²) in [5.41, 5.74) is 1.04. The normalized spacial score (nSPS) is 18.8. The molecule has 122 valence electrons. The van der Waals surface area contributed by atoms with Crippen LogP contribution in [0.15, 0.2) is 24.5 Å². The smallest absolute Gasteiger partial charge is 0.228 e. The van der Waals surface area contributed by atoms with E-state index < -0.39 is 0 Å². The molecule has 1 atom stereocenters. The Hall–Kier alpha value is -2.12. The van der Waals surface area contributed by atoms with Crippen molar-refractivity contribution in [3.8, 4) is 0 Å². The summed E-state index contributed by atoms with van der Waals surface area (Å²) in [6.45, 7) is 4.80. The van der Waals surface area contributed by atoms with Crippen molar-refractivity contribution in [3.63, 3.8) is 0 Å². The van der Waals surface area contributed by atoms with Gasteiger partial charge in [0.25, 0.3) is 0 Å². The molecule has 3 heterocycles. The summed E-state index contributed by atoms with van der Waals surface area (Å²) in [6.07, 6.45) is 5.62. The van der Waals surface area contributed by atoms with Crippen molar-refractivity contribution < 1.29 is 5.11 Å².